The zero-order valence-electron chi connectivity index (χ0n) is 16.2. The molecule has 0 aliphatic carbocycles. The summed E-state index contributed by atoms with van der Waals surface area (Å²) in [7, 11) is 0. The van der Waals surface area contributed by atoms with Gasteiger partial charge in [-0.2, -0.15) is 0 Å². The van der Waals surface area contributed by atoms with Crippen LogP contribution in [-0.4, -0.2) is 58.8 Å². The van der Waals surface area contributed by atoms with Crippen LogP contribution in [0.2, 0.25) is 0 Å². The minimum Gasteiger partial charge on any atom is -0.444 e. The number of amides is 2. The van der Waals surface area contributed by atoms with Crippen molar-refractivity contribution in [3.8, 4) is 0 Å². The van der Waals surface area contributed by atoms with Crippen molar-refractivity contribution in [1.82, 2.24) is 10.4 Å². The van der Waals surface area contributed by atoms with E-state index in [4.69, 9.17) is 19.4 Å². The van der Waals surface area contributed by atoms with Crippen LogP contribution < -0.4 is 5.32 Å². The van der Waals surface area contributed by atoms with Gasteiger partial charge in [0, 0.05) is 13.0 Å². The number of nitrogens with one attached hydrogen (secondary N) is 1. The highest BCUT2D eigenvalue weighted by Gasteiger charge is 2.26. The van der Waals surface area contributed by atoms with E-state index in [9.17, 15) is 9.59 Å². The average molecular weight is 371 g/mol. The molecule has 0 aromatic carbocycles. The zero-order valence-corrected chi connectivity index (χ0v) is 16.2. The molecule has 0 saturated carbocycles. The van der Waals surface area contributed by atoms with Crippen molar-refractivity contribution < 1.29 is 29.0 Å². The summed E-state index contributed by atoms with van der Waals surface area (Å²) in [6.45, 7) is 10.5. The van der Waals surface area contributed by atoms with Crippen LogP contribution in [0.25, 0.3) is 0 Å². The number of aliphatic hydroxyl groups is 1. The summed E-state index contributed by atoms with van der Waals surface area (Å²) < 4.78 is 10.3. The van der Waals surface area contributed by atoms with Crippen LogP contribution in [0.15, 0.2) is 17.1 Å². The summed E-state index contributed by atoms with van der Waals surface area (Å²) in [4.78, 5) is 33.5. The Morgan fingerprint density at radius 1 is 1.23 bits per heavy atom. The van der Waals surface area contributed by atoms with Gasteiger partial charge in [-0.1, -0.05) is 12.2 Å². The van der Waals surface area contributed by atoms with Gasteiger partial charge in [-0.3, -0.25) is 10.2 Å². The number of ether oxygens (including phenoxy) is 2. The first-order valence-corrected chi connectivity index (χ1v) is 8.43. The molecule has 0 bridgehead atoms. The molecule has 1 heterocycles. The van der Waals surface area contributed by atoms with Gasteiger partial charge in [0.15, 0.2) is 0 Å². The van der Waals surface area contributed by atoms with Crippen molar-refractivity contribution in [2.75, 3.05) is 13.2 Å². The lowest BCUT2D eigenvalue weighted by atomic mass is 10.2. The van der Waals surface area contributed by atoms with E-state index in [0.717, 1.165) is 0 Å². The van der Waals surface area contributed by atoms with Crippen molar-refractivity contribution in [3.63, 3.8) is 0 Å². The molecule has 1 rings (SSSR count). The molecular weight excluding hydrogens is 342 g/mol. The molecule has 9 heteroatoms. The SMILES string of the molecule is CC(C)(C)OC(=O)/N=C(/NC(=O)OC(C)(C)C)N1CC=CC(CCO)O1. The van der Waals surface area contributed by atoms with Crippen LogP contribution >= 0.6 is 0 Å². The molecule has 2 amide bonds. The van der Waals surface area contributed by atoms with E-state index in [0.29, 0.717) is 6.42 Å². The number of rotatable bonds is 2. The molecule has 0 aromatic heterocycles. The normalized spacial score (nSPS) is 18.5. The third-order valence-corrected chi connectivity index (χ3v) is 2.74. The molecule has 1 aliphatic rings. The Hall–Kier alpha value is -2.13. The number of carbonyl (C=O) groups excluding carboxylic acids is 2. The second kappa shape index (κ2) is 9.00. The molecule has 1 unspecified atom stereocenters. The number of hydrogen-bond acceptors (Lipinski definition) is 6. The Bertz CT molecular complexity index is 560. The molecule has 1 atom stereocenters. The third-order valence-electron chi connectivity index (χ3n) is 2.74. The van der Waals surface area contributed by atoms with E-state index >= 15 is 0 Å². The quantitative estimate of drug-likeness (QED) is 0.435. The lowest BCUT2D eigenvalue weighted by Gasteiger charge is -2.30. The van der Waals surface area contributed by atoms with Gasteiger partial charge < -0.3 is 14.6 Å². The van der Waals surface area contributed by atoms with E-state index in [2.05, 4.69) is 10.3 Å². The maximum atomic E-state index is 12.1. The second-order valence-electron chi connectivity index (χ2n) is 7.69. The van der Waals surface area contributed by atoms with Crippen LogP contribution in [0.5, 0.6) is 0 Å². The minimum atomic E-state index is -0.875. The molecule has 1 aliphatic heterocycles. The Morgan fingerprint density at radius 3 is 2.38 bits per heavy atom. The Kier molecular flexibility index (Phi) is 7.58. The molecule has 0 aromatic rings. The van der Waals surface area contributed by atoms with Gasteiger partial charge in [0.05, 0.1) is 6.54 Å². The van der Waals surface area contributed by atoms with Crippen LogP contribution in [0, 0.1) is 0 Å². The van der Waals surface area contributed by atoms with E-state index in [1.54, 1.807) is 53.7 Å². The highest BCUT2D eigenvalue weighted by molar-refractivity contribution is 5.98. The molecule has 9 nitrogen and oxygen atoms in total. The maximum Gasteiger partial charge on any atom is 0.437 e. The first kappa shape index (κ1) is 21.9. The van der Waals surface area contributed by atoms with Gasteiger partial charge >= 0.3 is 12.2 Å². The van der Waals surface area contributed by atoms with E-state index in [1.807, 2.05) is 0 Å². The topological polar surface area (TPSA) is 110 Å². The van der Waals surface area contributed by atoms with Crippen LogP contribution in [-0.2, 0) is 14.3 Å². The number of aliphatic imine (C=N–C) groups is 1. The van der Waals surface area contributed by atoms with Crippen molar-refractivity contribution in [1.29, 1.82) is 0 Å². The number of aliphatic hydroxyl groups excluding tert-OH is 1. The van der Waals surface area contributed by atoms with E-state index < -0.39 is 29.5 Å². The van der Waals surface area contributed by atoms with Gasteiger partial charge in [0.1, 0.15) is 17.3 Å². The fourth-order valence-electron chi connectivity index (χ4n) is 1.87. The zero-order chi connectivity index (χ0) is 20.0. The number of carbonyl (C=O) groups is 2. The number of nitrogens with zero attached hydrogens (tertiary/aromatic N) is 2. The Labute approximate surface area is 153 Å². The minimum absolute atomic E-state index is 0.0686. The van der Waals surface area contributed by atoms with Crippen molar-refractivity contribution in [3.05, 3.63) is 12.2 Å². The molecule has 0 radical (unpaired) electrons. The molecule has 0 saturated heterocycles. The van der Waals surface area contributed by atoms with Crippen LogP contribution in [0.3, 0.4) is 0 Å². The monoisotopic (exact) mass is 371 g/mol. The Balaban J connectivity index is 2.96. The first-order chi connectivity index (χ1) is 11.9. The van der Waals surface area contributed by atoms with E-state index in [-0.39, 0.29) is 19.1 Å². The number of guanidine groups is 1. The van der Waals surface area contributed by atoms with Crippen molar-refractivity contribution in [2.24, 2.45) is 4.99 Å². The maximum absolute atomic E-state index is 12.1. The fraction of sp³-hybridized carbons (Fsp3) is 0.706. The molecule has 26 heavy (non-hydrogen) atoms. The summed E-state index contributed by atoms with van der Waals surface area (Å²) >= 11 is 0. The summed E-state index contributed by atoms with van der Waals surface area (Å²) in [6.07, 6.45) is 1.87. The van der Waals surface area contributed by atoms with Crippen molar-refractivity contribution >= 4 is 18.1 Å². The lowest BCUT2D eigenvalue weighted by molar-refractivity contribution is -0.136. The van der Waals surface area contributed by atoms with Gasteiger partial charge in [0.2, 0.25) is 5.96 Å². The van der Waals surface area contributed by atoms with E-state index in [1.165, 1.54) is 5.06 Å². The highest BCUT2D eigenvalue weighted by atomic mass is 16.7. The van der Waals surface area contributed by atoms with Gasteiger partial charge in [-0.15, -0.1) is 4.99 Å². The summed E-state index contributed by atoms with van der Waals surface area (Å²) in [5.41, 5.74) is -1.46. The molecule has 2 N–H and O–H groups in total. The first-order valence-electron chi connectivity index (χ1n) is 8.43. The number of hydroxylamine groups is 2. The number of alkyl carbamates (subject to hydrolysis) is 1. The smallest absolute Gasteiger partial charge is 0.437 e. The predicted molar refractivity (Wildman–Crippen MR) is 95.5 cm³/mol. The van der Waals surface area contributed by atoms with Crippen LogP contribution in [0.4, 0.5) is 9.59 Å². The van der Waals surface area contributed by atoms with Crippen LogP contribution in [0.1, 0.15) is 48.0 Å². The van der Waals surface area contributed by atoms with Crippen molar-refractivity contribution in [2.45, 2.75) is 65.3 Å². The predicted octanol–water partition coefficient (Wildman–Crippen LogP) is 2.36. The third kappa shape index (κ3) is 8.82. The summed E-state index contributed by atoms with van der Waals surface area (Å²) in [6, 6.07) is 0. The van der Waals surface area contributed by atoms with Gasteiger partial charge in [0.25, 0.3) is 0 Å². The summed E-state index contributed by atoms with van der Waals surface area (Å²) in [5.74, 6) is -0.152. The fourth-order valence-corrected chi connectivity index (χ4v) is 1.87. The Morgan fingerprint density at radius 2 is 1.85 bits per heavy atom. The molecule has 0 fully saturated rings. The highest BCUT2D eigenvalue weighted by Crippen LogP contribution is 2.13. The molecular formula is C17H29N3O6. The van der Waals surface area contributed by atoms with Gasteiger partial charge in [-0.25, -0.2) is 14.7 Å². The number of hydrogen-bond donors (Lipinski definition) is 2. The average Bonchev–Trinajstić information content (AvgIpc) is 2.43. The largest absolute Gasteiger partial charge is 0.444 e. The molecule has 148 valence electrons. The van der Waals surface area contributed by atoms with Gasteiger partial charge in [-0.05, 0) is 41.5 Å². The summed E-state index contributed by atoms with van der Waals surface area (Å²) in [5, 5.41) is 12.7. The second-order valence-corrected chi connectivity index (χ2v) is 7.69. The standard InChI is InChI=1S/C17H29N3O6/c1-16(2,3)24-14(22)18-13(19-15(23)25-17(4,5)6)20-10-7-8-12(26-20)9-11-21/h7-8,12,21H,9-11H2,1-6H3,(H,18,19,22,23). The molecule has 0 spiro atoms. The lowest BCUT2D eigenvalue weighted by Crippen LogP contribution is -2.49.